The molecule has 2 heterocycles. The number of methoxy groups -OCH3 is 2. The molecule has 0 bridgehead atoms. The van der Waals surface area contributed by atoms with Gasteiger partial charge in [-0.05, 0) is 18.2 Å². The monoisotopic (exact) mass is 398 g/mol. The van der Waals surface area contributed by atoms with Crippen LogP contribution in [0.25, 0.3) is 11.1 Å². The number of nitriles is 1. The molecule has 0 aliphatic carbocycles. The molecule has 4 rings (SSSR count). The smallest absolute Gasteiger partial charge is 0.246 e. The number of nitrogens with one attached hydrogen (secondary N) is 1. The number of carbonyl (C=O) groups excluding carboxylic acids is 1. The normalized spacial score (nSPS) is 12.7. The second kappa shape index (κ2) is 8.05. The van der Waals surface area contributed by atoms with Crippen molar-refractivity contribution in [1.29, 1.82) is 5.26 Å². The molecule has 2 aromatic carbocycles. The van der Waals surface area contributed by atoms with E-state index in [1.54, 1.807) is 50.9 Å². The number of hydrogen-bond donors (Lipinski definition) is 1. The van der Waals surface area contributed by atoms with Crippen LogP contribution in [0.2, 0.25) is 0 Å². The average molecular weight is 398 g/mol. The van der Waals surface area contributed by atoms with Gasteiger partial charge in [0, 0.05) is 29.6 Å². The number of nitrogens with zero attached hydrogens (tertiary/aromatic N) is 3. The number of ether oxygens (including phenoxy) is 2. The molecule has 1 N–H and O–H groups in total. The third-order valence-corrected chi connectivity index (χ3v) is 4.78. The van der Waals surface area contributed by atoms with Gasteiger partial charge in [-0.25, -0.2) is 0 Å². The fraction of sp³-hybridized carbons (Fsp3) is 0.130. The number of benzodiazepines with no additional fused rings is 1. The van der Waals surface area contributed by atoms with Gasteiger partial charge in [0.05, 0.1) is 48.4 Å². The van der Waals surface area contributed by atoms with Crippen molar-refractivity contribution in [3.63, 3.8) is 0 Å². The van der Waals surface area contributed by atoms with Gasteiger partial charge < -0.3 is 14.8 Å². The number of anilines is 1. The highest BCUT2D eigenvalue weighted by Gasteiger charge is 2.28. The van der Waals surface area contributed by atoms with Crippen LogP contribution < -0.4 is 14.8 Å². The van der Waals surface area contributed by atoms with Crippen molar-refractivity contribution < 1.29 is 14.3 Å². The number of hydrogen-bond acceptors (Lipinski definition) is 6. The highest BCUT2D eigenvalue weighted by molar-refractivity contribution is 6.22. The Morgan fingerprint density at radius 1 is 1.07 bits per heavy atom. The van der Waals surface area contributed by atoms with E-state index in [4.69, 9.17) is 9.47 Å². The Morgan fingerprint density at radius 3 is 2.60 bits per heavy atom. The highest BCUT2D eigenvalue weighted by atomic mass is 16.5. The highest BCUT2D eigenvalue weighted by Crippen LogP contribution is 2.45. The van der Waals surface area contributed by atoms with Gasteiger partial charge in [0.25, 0.3) is 0 Å². The molecule has 0 atom stereocenters. The van der Waals surface area contributed by atoms with E-state index in [2.05, 4.69) is 21.4 Å². The van der Waals surface area contributed by atoms with Crippen LogP contribution in [-0.4, -0.2) is 37.4 Å². The van der Waals surface area contributed by atoms with Crippen LogP contribution in [0.1, 0.15) is 16.7 Å². The lowest BCUT2D eigenvalue weighted by molar-refractivity contribution is -0.114. The minimum Gasteiger partial charge on any atom is -0.496 e. The van der Waals surface area contributed by atoms with Crippen LogP contribution in [0.5, 0.6) is 11.5 Å². The van der Waals surface area contributed by atoms with Gasteiger partial charge in [-0.1, -0.05) is 18.2 Å². The fourth-order valence-electron chi connectivity index (χ4n) is 3.51. The summed E-state index contributed by atoms with van der Waals surface area (Å²) < 4.78 is 11.5. The Labute approximate surface area is 173 Å². The lowest BCUT2D eigenvalue weighted by Crippen LogP contribution is -2.14. The van der Waals surface area contributed by atoms with Crippen LogP contribution >= 0.6 is 0 Å². The Morgan fingerprint density at radius 2 is 1.90 bits per heavy atom. The largest absolute Gasteiger partial charge is 0.496 e. The maximum atomic E-state index is 12.3. The molecule has 0 fully saturated rings. The Kier molecular flexibility index (Phi) is 5.14. The molecular weight excluding hydrogens is 380 g/mol. The molecule has 0 unspecified atom stereocenters. The maximum Gasteiger partial charge on any atom is 0.246 e. The predicted molar refractivity (Wildman–Crippen MR) is 113 cm³/mol. The van der Waals surface area contributed by atoms with E-state index in [1.165, 1.54) is 0 Å². The minimum atomic E-state index is -0.249. The van der Waals surface area contributed by atoms with Crippen molar-refractivity contribution in [2.24, 2.45) is 4.99 Å². The van der Waals surface area contributed by atoms with E-state index in [9.17, 15) is 10.1 Å². The summed E-state index contributed by atoms with van der Waals surface area (Å²) in [4.78, 5) is 21.1. The number of aliphatic imine (C=N–C) groups is 1. The van der Waals surface area contributed by atoms with Crippen molar-refractivity contribution in [2.45, 2.75) is 0 Å². The molecule has 30 heavy (non-hydrogen) atoms. The summed E-state index contributed by atoms with van der Waals surface area (Å²) in [5.74, 6) is 0.785. The number of pyridine rings is 1. The number of aromatic nitrogens is 1. The zero-order valence-electron chi connectivity index (χ0n) is 16.5. The molecule has 0 spiro atoms. The number of rotatable bonds is 4. The van der Waals surface area contributed by atoms with E-state index >= 15 is 0 Å². The molecular formula is C23H18N4O3. The van der Waals surface area contributed by atoms with Crippen LogP contribution in [0.15, 0.2) is 59.9 Å². The van der Waals surface area contributed by atoms with Gasteiger partial charge in [0.1, 0.15) is 18.0 Å². The quantitative estimate of drug-likeness (QED) is 0.726. The SMILES string of the molecule is COc1cc2c(c(OC)c1-c1cccnc1)C(c1cccc(C#N)c1)=NCC(=O)N2. The van der Waals surface area contributed by atoms with Gasteiger partial charge in [-0.3, -0.25) is 14.8 Å². The molecule has 1 aliphatic heterocycles. The minimum absolute atomic E-state index is 0.0471. The van der Waals surface area contributed by atoms with Crippen LogP contribution in [0.3, 0.4) is 0 Å². The molecule has 7 nitrogen and oxygen atoms in total. The summed E-state index contributed by atoms with van der Waals surface area (Å²) >= 11 is 0. The fourth-order valence-corrected chi connectivity index (χ4v) is 3.51. The summed E-state index contributed by atoms with van der Waals surface area (Å²) in [7, 11) is 3.12. The van der Waals surface area contributed by atoms with Crippen molar-refractivity contribution >= 4 is 17.3 Å². The second-order valence-electron chi connectivity index (χ2n) is 6.56. The third kappa shape index (κ3) is 3.35. The zero-order chi connectivity index (χ0) is 21.1. The number of fused-ring (bicyclic) bond motifs is 1. The van der Waals surface area contributed by atoms with Gasteiger partial charge in [0.2, 0.25) is 5.91 Å². The van der Waals surface area contributed by atoms with Crippen molar-refractivity contribution in [3.05, 3.63) is 71.5 Å². The second-order valence-corrected chi connectivity index (χ2v) is 6.56. The number of benzene rings is 2. The van der Waals surface area contributed by atoms with Crippen LogP contribution in [0, 0.1) is 11.3 Å². The molecule has 7 heteroatoms. The van der Waals surface area contributed by atoms with Gasteiger partial charge >= 0.3 is 0 Å². The Hall–Kier alpha value is -4.18. The Bertz CT molecular complexity index is 1200. The average Bonchev–Trinajstić information content (AvgIpc) is 2.96. The first-order valence-electron chi connectivity index (χ1n) is 9.20. The molecule has 3 aromatic rings. The van der Waals surface area contributed by atoms with Crippen molar-refractivity contribution in [3.8, 4) is 28.7 Å². The first-order valence-corrected chi connectivity index (χ1v) is 9.20. The van der Waals surface area contributed by atoms with Crippen molar-refractivity contribution in [2.75, 3.05) is 26.1 Å². The number of carbonyl (C=O) groups is 1. The zero-order valence-corrected chi connectivity index (χ0v) is 16.5. The van der Waals surface area contributed by atoms with E-state index in [0.717, 1.165) is 5.56 Å². The lowest BCUT2D eigenvalue weighted by atomic mass is 9.93. The summed E-state index contributed by atoms with van der Waals surface area (Å²) in [6, 6.07) is 14.7. The van der Waals surface area contributed by atoms with Crippen LogP contribution in [-0.2, 0) is 4.79 Å². The molecule has 0 saturated carbocycles. The summed E-state index contributed by atoms with van der Waals surface area (Å²) in [6.45, 7) is -0.0471. The van der Waals surface area contributed by atoms with Gasteiger partial charge in [-0.2, -0.15) is 5.26 Å². The van der Waals surface area contributed by atoms with E-state index < -0.39 is 0 Å². The van der Waals surface area contributed by atoms with Gasteiger partial charge in [0.15, 0.2) is 0 Å². The first kappa shape index (κ1) is 19.2. The topological polar surface area (TPSA) is 96.6 Å². The third-order valence-electron chi connectivity index (χ3n) is 4.78. The number of amides is 1. The molecule has 1 aliphatic rings. The molecule has 0 radical (unpaired) electrons. The standard InChI is InChI=1S/C23H18N4O3/c1-29-18-10-17-21(23(30-2)20(18)16-7-4-8-25-12-16)22(26-13-19(28)27-17)15-6-3-5-14(9-15)11-24/h3-10,12H,13H2,1-2H3,(H,27,28). The van der Waals surface area contributed by atoms with E-state index in [1.807, 2.05) is 18.2 Å². The van der Waals surface area contributed by atoms with Gasteiger partial charge in [-0.15, -0.1) is 0 Å². The van der Waals surface area contributed by atoms with E-state index in [-0.39, 0.29) is 12.5 Å². The molecule has 1 amide bonds. The van der Waals surface area contributed by atoms with E-state index in [0.29, 0.717) is 45.2 Å². The molecule has 1 aromatic heterocycles. The predicted octanol–water partition coefficient (Wildman–Crippen LogP) is 3.43. The lowest BCUT2D eigenvalue weighted by Gasteiger charge is -2.21. The maximum absolute atomic E-state index is 12.3. The summed E-state index contributed by atoms with van der Waals surface area (Å²) in [5.41, 5.74) is 4.43. The molecule has 0 saturated heterocycles. The summed E-state index contributed by atoms with van der Waals surface area (Å²) in [5, 5.41) is 12.2. The molecule has 148 valence electrons. The first-order chi connectivity index (χ1) is 14.7. The summed E-state index contributed by atoms with van der Waals surface area (Å²) in [6.07, 6.45) is 3.40. The van der Waals surface area contributed by atoms with Crippen LogP contribution in [0.4, 0.5) is 5.69 Å². The van der Waals surface area contributed by atoms with Crippen molar-refractivity contribution in [1.82, 2.24) is 4.98 Å². The Balaban J connectivity index is 2.05.